The van der Waals surface area contributed by atoms with Gasteiger partial charge in [0.15, 0.2) is 0 Å². The largest absolute Gasteiger partial charge is 0.447 e. The van der Waals surface area contributed by atoms with Crippen LogP contribution in [0.3, 0.4) is 0 Å². The number of oxime groups is 2. The summed E-state index contributed by atoms with van der Waals surface area (Å²) in [6, 6.07) is 4.00. The van der Waals surface area contributed by atoms with Crippen molar-refractivity contribution in [1.29, 1.82) is 10.5 Å². The van der Waals surface area contributed by atoms with Gasteiger partial charge in [0.2, 0.25) is 0 Å². The van der Waals surface area contributed by atoms with Gasteiger partial charge in [-0.1, -0.05) is 10.3 Å². The Labute approximate surface area is 171 Å². The highest BCUT2D eigenvalue weighted by Gasteiger charge is 2.19. The molecule has 0 aliphatic heterocycles. The minimum atomic E-state index is -0.786. The van der Waals surface area contributed by atoms with Gasteiger partial charge in [0.25, 0.3) is 0 Å². The zero-order valence-electron chi connectivity index (χ0n) is 15.4. The Balaban J connectivity index is 4.32. The van der Waals surface area contributed by atoms with Crippen LogP contribution in [0, 0.1) is 22.7 Å². The first-order valence-corrected chi connectivity index (χ1v) is 10.2. The zero-order valence-corrected chi connectivity index (χ0v) is 17.8. The lowest BCUT2D eigenvalue weighted by Crippen LogP contribution is -2.28. The molecule has 148 valence electrons. The predicted octanol–water partition coefficient (Wildman–Crippen LogP) is 3.65. The van der Waals surface area contributed by atoms with E-state index in [4.69, 9.17) is 20.2 Å². The highest BCUT2D eigenvalue weighted by molar-refractivity contribution is 8.14. The Kier molecular flexibility index (Phi) is 13.9. The van der Waals surface area contributed by atoms with Gasteiger partial charge in [-0.2, -0.15) is 10.5 Å². The minimum absolute atomic E-state index is 0.368. The van der Waals surface area contributed by atoms with E-state index >= 15 is 0 Å². The van der Waals surface area contributed by atoms with Crippen LogP contribution in [0.25, 0.3) is 0 Å². The monoisotopic (exact) mass is 432 g/mol. The number of nitriles is 2. The number of nitrogens with zero attached hydrogens (tertiary/aromatic N) is 6. The fourth-order valence-corrected chi connectivity index (χ4v) is 2.84. The normalized spacial score (nSPS) is 11.2. The van der Waals surface area contributed by atoms with Crippen LogP contribution < -0.4 is 0 Å². The molecular formula is C14H20N6O4S3. The fraction of sp³-hybridized carbons (Fsp3) is 0.571. The van der Waals surface area contributed by atoms with E-state index in [0.29, 0.717) is 34.4 Å². The van der Waals surface area contributed by atoms with Crippen molar-refractivity contribution in [2.75, 3.05) is 25.6 Å². The Bertz CT molecular complexity index is 590. The summed E-state index contributed by atoms with van der Waals surface area (Å²) in [5.41, 5.74) is 0. The van der Waals surface area contributed by atoms with E-state index in [2.05, 4.69) is 10.3 Å². The lowest BCUT2D eigenvalue weighted by Gasteiger charge is -2.19. The van der Waals surface area contributed by atoms with Crippen LogP contribution in [0.5, 0.6) is 0 Å². The van der Waals surface area contributed by atoms with E-state index < -0.39 is 12.2 Å². The Hall–Kier alpha value is -2.09. The maximum Gasteiger partial charge on any atom is 0.447 e. The van der Waals surface area contributed by atoms with E-state index in [0.717, 1.165) is 20.7 Å². The highest BCUT2D eigenvalue weighted by Crippen LogP contribution is 2.16. The van der Waals surface area contributed by atoms with Crippen molar-refractivity contribution < 1.29 is 19.3 Å². The first-order valence-electron chi connectivity index (χ1n) is 7.48. The summed E-state index contributed by atoms with van der Waals surface area (Å²) >= 11 is 3.33. The highest BCUT2D eigenvalue weighted by atomic mass is 32.2. The van der Waals surface area contributed by atoms with E-state index in [9.17, 15) is 9.59 Å². The SMILES string of the molecule is C/C(=N\OC(=O)N(C)SN(C)C(=O)O/N=C(\C)SCCC#N)SCCC#N. The summed E-state index contributed by atoms with van der Waals surface area (Å²) in [6.45, 7) is 3.31. The summed E-state index contributed by atoms with van der Waals surface area (Å²) in [7, 11) is 2.80. The molecule has 0 aliphatic carbocycles. The van der Waals surface area contributed by atoms with Crippen LogP contribution in [-0.4, -0.2) is 56.5 Å². The molecule has 27 heavy (non-hydrogen) atoms. The van der Waals surface area contributed by atoms with Crippen molar-refractivity contribution in [2.24, 2.45) is 10.3 Å². The molecule has 0 atom stereocenters. The first-order chi connectivity index (χ1) is 12.8. The van der Waals surface area contributed by atoms with Crippen molar-refractivity contribution in [1.82, 2.24) is 8.61 Å². The van der Waals surface area contributed by atoms with Crippen LogP contribution in [0.15, 0.2) is 10.3 Å². The van der Waals surface area contributed by atoms with Gasteiger partial charge in [0.1, 0.15) is 10.1 Å². The smallest absolute Gasteiger partial charge is 0.296 e. The van der Waals surface area contributed by atoms with Gasteiger partial charge < -0.3 is 0 Å². The van der Waals surface area contributed by atoms with Crippen LogP contribution in [-0.2, 0) is 9.68 Å². The van der Waals surface area contributed by atoms with Crippen LogP contribution >= 0.6 is 35.7 Å². The van der Waals surface area contributed by atoms with Gasteiger partial charge in [-0.05, 0) is 13.8 Å². The number of carbonyl (C=O) groups excluding carboxylic acids is 2. The Morgan fingerprint density at radius 1 is 0.889 bits per heavy atom. The molecule has 0 aromatic rings. The van der Waals surface area contributed by atoms with Gasteiger partial charge in [-0.15, -0.1) is 23.5 Å². The molecule has 0 aliphatic rings. The molecular weight excluding hydrogens is 412 g/mol. The third-order valence-electron chi connectivity index (χ3n) is 2.31. The zero-order chi connectivity index (χ0) is 20.7. The summed E-state index contributed by atoms with van der Waals surface area (Å²) in [6.07, 6.45) is -0.835. The average Bonchev–Trinajstić information content (AvgIpc) is 2.64. The summed E-state index contributed by atoms with van der Waals surface area (Å²) in [5, 5.41) is 25.2. The van der Waals surface area contributed by atoms with Gasteiger partial charge in [-0.25, -0.2) is 18.2 Å². The molecule has 2 amide bonds. The van der Waals surface area contributed by atoms with E-state index in [1.165, 1.54) is 37.6 Å². The Morgan fingerprint density at radius 3 is 1.59 bits per heavy atom. The second-order valence-corrected chi connectivity index (χ2v) is 8.36. The summed E-state index contributed by atoms with van der Waals surface area (Å²) in [4.78, 5) is 33.1. The van der Waals surface area contributed by atoms with Crippen molar-refractivity contribution in [3.63, 3.8) is 0 Å². The predicted molar refractivity (Wildman–Crippen MR) is 108 cm³/mol. The molecule has 0 N–H and O–H groups in total. The second-order valence-electron chi connectivity index (χ2n) is 4.52. The number of thioether (sulfide) groups is 2. The molecule has 0 fully saturated rings. The number of rotatable bonds is 8. The number of amides is 2. The fourth-order valence-electron chi connectivity index (χ4n) is 1.11. The molecule has 0 aromatic heterocycles. The Morgan fingerprint density at radius 2 is 1.26 bits per heavy atom. The summed E-state index contributed by atoms with van der Waals surface area (Å²) < 4.78 is 2.10. The molecule has 0 aromatic carbocycles. The van der Waals surface area contributed by atoms with Crippen LogP contribution in [0.2, 0.25) is 0 Å². The molecule has 0 rings (SSSR count). The molecule has 0 saturated carbocycles. The lowest BCUT2D eigenvalue weighted by atomic mass is 10.6. The first kappa shape index (κ1) is 24.9. The number of hydrogen-bond donors (Lipinski definition) is 0. The topological polar surface area (TPSA) is 131 Å². The molecule has 0 unspecified atom stereocenters. The van der Waals surface area contributed by atoms with Gasteiger partial charge in [0.05, 0.1) is 24.3 Å². The maximum atomic E-state index is 11.8. The average molecular weight is 433 g/mol. The molecule has 0 spiro atoms. The molecule has 13 heteroatoms. The van der Waals surface area contributed by atoms with E-state index in [-0.39, 0.29) is 0 Å². The van der Waals surface area contributed by atoms with Gasteiger partial charge in [0, 0.05) is 38.4 Å². The minimum Gasteiger partial charge on any atom is -0.296 e. The molecule has 0 radical (unpaired) electrons. The summed E-state index contributed by atoms with van der Waals surface area (Å²) in [5.74, 6) is 1.11. The second kappa shape index (κ2) is 15.0. The third-order valence-corrected chi connectivity index (χ3v) is 4.90. The van der Waals surface area contributed by atoms with E-state index in [1.54, 1.807) is 13.8 Å². The van der Waals surface area contributed by atoms with E-state index in [1.807, 2.05) is 12.1 Å². The van der Waals surface area contributed by atoms with Crippen molar-refractivity contribution in [3.8, 4) is 12.1 Å². The van der Waals surface area contributed by atoms with Crippen LogP contribution in [0.4, 0.5) is 9.59 Å². The molecule has 0 saturated heterocycles. The molecule has 0 bridgehead atoms. The van der Waals surface area contributed by atoms with Crippen LogP contribution in [0.1, 0.15) is 26.7 Å². The lowest BCUT2D eigenvalue weighted by molar-refractivity contribution is 0.131. The van der Waals surface area contributed by atoms with Gasteiger partial charge in [-0.3, -0.25) is 9.68 Å². The van der Waals surface area contributed by atoms with Crippen molar-refractivity contribution in [3.05, 3.63) is 0 Å². The quantitative estimate of drug-likeness (QED) is 0.141. The van der Waals surface area contributed by atoms with Crippen molar-refractivity contribution >= 4 is 57.9 Å². The molecule has 0 heterocycles. The third kappa shape index (κ3) is 12.8. The van der Waals surface area contributed by atoms with Crippen molar-refractivity contribution in [2.45, 2.75) is 26.7 Å². The standard InChI is InChI=1S/C14H20N6O4S3/c1-11(25-9-5-7-15)17-23-13(21)19(3)27-20(4)14(22)24-18-12(2)26-10-6-8-16/h5-6,9-10H2,1-4H3/b17-11+,18-12+. The molecule has 10 nitrogen and oxygen atoms in total. The maximum absolute atomic E-state index is 11.8. The number of carbonyl (C=O) groups is 2. The van der Waals surface area contributed by atoms with Gasteiger partial charge >= 0.3 is 12.2 Å². The number of hydrogen-bond acceptors (Lipinski definition) is 11.